The predicted molar refractivity (Wildman–Crippen MR) is 128 cm³/mol. The van der Waals surface area contributed by atoms with Crippen molar-refractivity contribution in [3.63, 3.8) is 0 Å². The maximum absolute atomic E-state index is 13.6. The minimum atomic E-state index is -0.526. The quantitative estimate of drug-likeness (QED) is 0.599. The zero-order chi connectivity index (χ0) is 23.5. The van der Waals surface area contributed by atoms with E-state index in [4.69, 9.17) is 5.73 Å². The molecule has 1 fully saturated rings. The van der Waals surface area contributed by atoms with Crippen molar-refractivity contribution in [3.05, 3.63) is 23.8 Å². The summed E-state index contributed by atoms with van der Waals surface area (Å²) in [5.74, 6) is -0.146. The van der Waals surface area contributed by atoms with E-state index in [0.29, 0.717) is 36.4 Å². The molecule has 0 aromatic heterocycles. The third kappa shape index (κ3) is 5.49. The number of carbonyl (C=O) groups excluding carboxylic acids is 3. The number of nitrogens with zero attached hydrogens (tertiary/aromatic N) is 1. The molecule has 1 aliphatic heterocycles. The molecule has 1 aliphatic carbocycles. The van der Waals surface area contributed by atoms with Crippen LogP contribution in [0.5, 0.6) is 0 Å². The molecule has 7 nitrogen and oxygen atoms in total. The lowest BCUT2D eigenvalue weighted by atomic mass is 9.86. The van der Waals surface area contributed by atoms with Crippen LogP contribution in [0, 0.1) is 17.3 Å². The van der Waals surface area contributed by atoms with Gasteiger partial charge in [-0.25, -0.2) is 0 Å². The Morgan fingerprint density at radius 3 is 2.53 bits per heavy atom. The SMILES string of the molecule is CC(C)CC1C(=O)Nc2cc(C(=O)NCC(C)(C)CN)ccc2N1C(=O)C1CCCCC1. The van der Waals surface area contributed by atoms with Crippen molar-refractivity contribution < 1.29 is 14.4 Å². The molecule has 176 valence electrons. The zero-order valence-electron chi connectivity index (χ0n) is 19.9. The Morgan fingerprint density at radius 2 is 1.91 bits per heavy atom. The number of nitrogens with two attached hydrogens (primary N) is 1. The van der Waals surface area contributed by atoms with E-state index >= 15 is 0 Å². The maximum Gasteiger partial charge on any atom is 0.251 e. The third-order valence-corrected chi connectivity index (χ3v) is 6.56. The van der Waals surface area contributed by atoms with Crippen molar-refractivity contribution in [1.29, 1.82) is 0 Å². The molecule has 4 N–H and O–H groups in total. The molecule has 32 heavy (non-hydrogen) atoms. The largest absolute Gasteiger partial charge is 0.351 e. The standard InChI is InChI=1S/C25H38N4O3/c1-16(2)12-21-23(31)28-19-13-18(22(30)27-15-25(3,4)14-26)10-11-20(19)29(21)24(32)17-8-6-5-7-9-17/h10-11,13,16-17,21H,5-9,12,14-15,26H2,1-4H3,(H,27,30)(H,28,31). The van der Waals surface area contributed by atoms with Gasteiger partial charge in [-0.1, -0.05) is 47.0 Å². The first kappa shape index (κ1) is 24.2. The Labute approximate surface area is 191 Å². The van der Waals surface area contributed by atoms with Gasteiger partial charge in [0.25, 0.3) is 5.91 Å². The van der Waals surface area contributed by atoms with Crippen LogP contribution in [-0.4, -0.2) is 36.9 Å². The monoisotopic (exact) mass is 442 g/mol. The van der Waals surface area contributed by atoms with Crippen molar-refractivity contribution in [1.82, 2.24) is 5.32 Å². The van der Waals surface area contributed by atoms with Crippen LogP contribution in [0.3, 0.4) is 0 Å². The van der Waals surface area contributed by atoms with Crippen molar-refractivity contribution >= 4 is 29.1 Å². The van der Waals surface area contributed by atoms with E-state index in [9.17, 15) is 14.4 Å². The normalized spacial score (nSPS) is 19.5. The summed E-state index contributed by atoms with van der Waals surface area (Å²) >= 11 is 0. The minimum Gasteiger partial charge on any atom is -0.351 e. The summed E-state index contributed by atoms with van der Waals surface area (Å²) in [6, 6.07) is 4.67. The molecule has 1 heterocycles. The molecule has 1 atom stereocenters. The molecule has 7 heteroatoms. The van der Waals surface area contributed by atoms with Crippen molar-refractivity contribution in [3.8, 4) is 0 Å². The molecule has 3 amide bonds. The lowest BCUT2D eigenvalue weighted by molar-refractivity contribution is -0.127. The highest BCUT2D eigenvalue weighted by Gasteiger charge is 2.40. The number of hydrogen-bond donors (Lipinski definition) is 3. The second-order valence-corrected chi connectivity index (χ2v) is 10.5. The number of anilines is 2. The molecule has 1 saturated carbocycles. The summed E-state index contributed by atoms with van der Waals surface area (Å²) in [5, 5.41) is 5.87. The van der Waals surface area contributed by atoms with Gasteiger partial charge in [0.05, 0.1) is 11.4 Å². The van der Waals surface area contributed by atoms with Gasteiger partial charge in [-0.2, -0.15) is 0 Å². The van der Waals surface area contributed by atoms with Crippen LogP contribution in [0.15, 0.2) is 18.2 Å². The van der Waals surface area contributed by atoms with Gasteiger partial charge in [0.15, 0.2) is 0 Å². The van der Waals surface area contributed by atoms with Crippen molar-refractivity contribution in [2.24, 2.45) is 23.0 Å². The molecule has 3 rings (SSSR count). The van der Waals surface area contributed by atoms with Crippen LogP contribution in [0.4, 0.5) is 11.4 Å². The fraction of sp³-hybridized carbons (Fsp3) is 0.640. The molecule has 1 aromatic carbocycles. The van der Waals surface area contributed by atoms with E-state index in [-0.39, 0.29) is 35.0 Å². The Hall–Kier alpha value is -2.41. The Bertz CT molecular complexity index is 859. The van der Waals surface area contributed by atoms with E-state index in [0.717, 1.165) is 32.1 Å². The van der Waals surface area contributed by atoms with E-state index in [1.807, 2.05) is 13.8 Å². The summed E-state index contributed by atoms with van der Waals surface area (Å²) < 4.78 is 0. The lowest BCUT2D eigenvalue weighted by Crippen LogP contribution is -2.53. The van der Waals surface area contributed by atoms with Crippen LogP contribution < -0.4 is 21.3 Å². The second-order valence-electron chi connectivity index (χ2n) is 10.5. The van der Waals surface area contributed by atoms with E-state index in [1.165, 1.54) is 0 Å². The first-order chi connectivity index (χ1) is 15.1. The molecule has 1 aromatic rings. The number of rotatable bonds is 7. The van der Waals surface area contributed by atoms with Gasteiger partial charge in [-0.15, -0.1) is 0 Å². The number of fused-ring (bicyclic) bond motifs is 1. The highest BCUT2D eigenvalue weighted by Crippen LogP contribution is 2.38. The van der Waals surface area contributed by atoms with Crippen LogP contribution in [-0.2, 0) is 9.59 Å². The van der Waals surface area contributed by atoms with E-state index in [1.54, 1.807) is 23.1 Å². The summed E-state index contributed by atoms with van der Waals surface area (Å²) in [5.41, 5.74) is 7.20. The number of nitrogens with one attached hydrogen (secondary N) is 2. The topological polar surface area (TPSA) is 105 Å². The second kappa shape index (κ2) is 10.0. The molecule has 2 aliphatic rings. The van der Waals surface area contributed by atoms with Crippen LogP contribution in [0.2, 0.25) is 0 Å². The lowest BCUT2D eigenvalue weighted by Gasteiger charge is -2.39. The van der Waals surface area contributed by atoms with Gasteiger partial charge in [0.2, 0.25) is 11.8 Å². The smallest absolute Gasteiger partial charge is 0.251 e. The predicted octanol–water partition coefficient (Wildman–Crippen LogP) is 3.68. The fourth-order valence-corrected chi connectivity index (χ4v) is 4.46. The van der Waals surface area contributed by atoms with Gasteiger partial charge < -0.3 is 16.4 Å². The molecular formula is C25H38N4O3. The molecule has 0 saturated heterocycles. The third-order valence-electron chi connectivity index (χ3n) is 6.56. The number of benzene rings is 1. The van der Waals surface area contributed by atoms with Crippen LogP contribution in [0.1, 0.15) is 76.6 Å². The summed E-state index contributed by atoms with van der Waals surface area (Å²) in [6.45, 7) is 9.01. The molecular weight excluding hydrogens is 404 g/mol. The summed E-state index contributed by atoms with van der Waals surface area (Å²) in [6.07, 6.45) is 5.61. The molecule has 1 unspecified atom stereocenters. The first-order valence-electron chi connectivity index (χ1n) is 11.9. The highest BCUT2D eigenvalue weighted by molar-refractivity contribution is 6.13. The average Bonchev–Trinajstić information content (AvgIpc) is 2.77. The number of hydrogen-bond acceptors (Lipinski definition) is 4. The van der Waals surface area contributed by atoms with Crippen molar-refractivity contribution in [2.45, 2.75) is 72.3 Å². The number of carbonyl (C=O) groups is 3. The van der Waals surface area contributed by atoms with E-state index in [2.05, 4.69) is 24.5 Å². The van der Waals surface area contributed by atoms with Gasteiger partial charge in [0, 0.05) is 18.0 Å². The highest BCUT2D eigenvalue weighted by atomic mass is 16.2. The average molecular weight is 443 g/mol. The van der Waals surface area contributed by atoms with Gasteiger partial charge in [0.1, 0.15) is 6.04 Å². The fourth-order valence-electron chi connectivity index (χ4n) is 4.46. The summed E-state index contributed by atoms with van der Waals surface area (Å²) in [4.78, 5) is 41.0. The molecule has 0 bridgehead atoms. The van der Waals surface area contributed by atoms with E-state index < -0.39 is 6.04 Å². The Kier molecular flexibility index (Phi) is 7.59. The van der Waals surface area contributed by atoms with Gasteiger partial charge in [-0.3, -0.25) is 19.3 Å². The van der Waals surface area contributed by atoms with Crippen LogP contribution in [0.25, 0.3) is 0 Å². The Morgan fingerprint density at radius 1 is 1.22 bits per heavy atom. The maximum atomic E-state index is 13.6. The van der Waals surface area contributed by atoms with Gasteiger partial charge >= 0.3 is 0 Å². The summed E-state index contributed by atoms with van der Waals surface area (Å²) in [7, 11) is 0. The number of amides is 3. The van der Waals surface area contributed by atoms with Crippen LogP contribution >= 0.6 is 0 Å². The molecule has 0 spiro atoms. The van der Waals surface area contributed by atoms with Crippen molar-refractivity contribution in [2.75, 3.05) is 23.3 Å². The van der Waals surface area contributed by atoms with Gasteiger partial charge in [-0.05, 0) is 55.3 Å². The zero-order valence-corrected chi connectivity index (χ0v) is 19.9. The minimum absolute atomic E-state index is 0.0355. The Balaban J connectivity index is 1.90. The first-order valence-corrected chi connectivity index (χ1v) is 11.9. The molecule has 0 radical (unpaired) electrons.